The quantitative estimate of drug-likeness (QED) is 0.911. The molecule has 0 radical (unpaired) electrons. The average Bonchev–Trinajstić information content (AvgIpc) is 2.85. The van der Waals surface area contributed by atoms with E-state index in [0.29, 0.717) is 6.54 Å². The second-order valence-electron chi connectivity index (χ2n) is 5.34. The lowest BCUT2D eigenvalue weighted by molar-refractivity contribution is 0.573. The molecule has 0 bridgehead atoms. The van der Waals surface area contributed by atoms with Gasteiger partial charge in [-0.1, -0.05) is 6.07 Å². The number of benzene rings is 1. The number of halogens is 1. The normalized spacial score (nSPS) is 17.6. The molecule has 1 heterocycles. The summed E-state index contributed by atoms with van der Waals surface area (Å²) < 4.78 is 15.4. The van der Waals surface area contributed by atoms with Gasteiger partial charge in [0.05, 0.1) is 5.56 Å². The highest BCUT2D eigenvalue weighted by Crippen LogP contribution is 2.28. The molecule has 4 heteroatoms. The van der Waals surface area contributed by atoms with Crippen molar-refractivity contribution in [3.8, 4) is 6.07 Å². The Morgan fingerprint density at radius 1 is 1.40 bits per heavy atom. The Kier molecular flexibility index (Phi) is 3.29. The number of aryl methyl sites for hydroxylation is 1. The molecule has 1 unspecified atom stereocenters. The molecule has 2 aromatic rings. The summed E-state index contributed by atoms with van der Waals surface area (Å²) in [4.78, 5) is 0. The van der Waals surface area contributed by atoms with Crippen molar-refractivity contribution in [3.63, 3.8) is 0 Å². The van der Waals surface area contributed by atoms with Crippen LogP contribution in [0.1, 0.15) is 41.1 Å². The van der Waals surface area contributed by atoms with Crippen LogP contribution in [0, 0.1) is 17.1 Å². The van der Waals surface area contributed by atoms with Crippen LogP contribution in [0.2, 0.25) is 0 Å². The topological polar surface area (TPSA) is 54.7 Å². The molecular formula is C16H16FN3. The zero-order valence-corrected chi connectivity index (χ0v) is 11.1. The van der Waals surface area contributed by atoms with Crippen LogP contribution in [-0.4, -0.2) is 4.57 Å². The molecule has 1 aliphatic rings. The van der Waals surface area contributed by atoms with Crippen molar-refractivity contribution in [1.29, 1.82) is 5.26 Å². The third kappa shape index (κ3) is 2.33. The minimum Gasteiger partial charge on any atom is -0.349 e. The first-order valence-corrected chi connectivity index (χ1v) is 6.80. The van der Waals surface area contributed by atoms with Crippen molar-refractivity contribution in [3.05, 3.63) is 58.7 Å². The van der Waals surface area contributed by atoms with Crippen molar-refractivity contribution < 1.29 is 4.39 Å². The van der Waals surface area contributed by atoms with Crippen molar-refractivity contribution in [1.82, 2.24) is 4.57 Å². The Bertz CT molecular complexity index is 682. The smallest absolute Gasteiger partial charge is 0.140 e. The summed E-state index contributed by atoms with van der Waals surface area (Å²) >= 11 is 0. The molecule has 1 atom stereocenters. The highest BCUT2D eigenvalue weighted by Gasteiger charge is 2.18. The Morgan fingerprint density at radius 2 is 2.25 bits per heavy atom. The molecule has 3 nitrogen and oxygen atoms in total. The number of nitrogens with zero attached hydrogens (tertiary/aromatic N) is 2. The summed E-state index contributed by atoms with van der Waals surface area (Å²) in [5.74, 6) is -0.468. The van der Waals surface area contributed by atoms with Gasteiger partial charge in [-0.05, 0) is 48.1 Å². The third-order valence-corrected chi connectivity index (χ3v) is 3.87. The standard InChI is InChI=1S/C16H16FN3/c17-15-5-4-11(6-13(15)7-18)8-20-9-12-2-1-3-16(19)14(12)10-20/h4-6,9-10,16H,1-3,8,19H2. The largest absolute Gasteiger partial charge is 0.349 e. The van der Waals surface area contributed by atoms with Crippen LogP contribution >= 0.6 is 0 Å². The molecule has 0 saturated heterocycles. The lowest BCUT2D eigenvalue weighted by atomic mass is 9.92. The van der Waals surface area contributed by atoms with E-state index in [0.717, 1.165) is 24.8 Å². The van der Waals surface area contributed by atoms with E-state index in [1.54, 1.807) is 12.1 Å². The number of nitriles is 1. The lowest BCUT2D eigenvalue weighted by Gasteiger charge is -2.17. The van der Waals surface area contributed by atoms with Gasteiger partial charge in [-0.25, -0.2) is 4.39 Å². The SMILES string of the molecule is N#Cc1cc(Cn2cc3c(c2)C(N)CCC3)ccc1F. The van der Waals surface area contributed by atoms with E-state index in [1.165, 1.54) is 17.2 Å². The summed E-state index contributed by atoms with van der Waals surface area (Å²) in [5.41, 5.74) is 9.66. The third-order valence-electron chi connectivity index (χ3n) is 3.87. The van der Waals surface area contributed by atoms with Crippen molar-refractivity contribution >= 4 is 0 Å². The van der Waals surface area contributed by atoms with Gasteiger partial charge in [-0.2, -0.15) is 5.26 Å². The first kappa shape index (κ1) is 12.9. The van der Waals surface area contributed by atoms with E-state index in [1.807, 2.05) is 6.07 Å². The summed E-state index contributed by atoms with van der Waals surface area (Å²) in [6, 6.07) is 6.67. The average molecular weight is 269 g/mol. The highest BCUT2D eigenvalue weighted by atomic mass is 19.1. The van der Waals surface area contributed by atoms with Crippen LogP contribution in [0.25, 0.3) is 0 Å². The molecule has 1 aromatic heterocycles. The van der Waals surface area contributed by atoms with Gasteiger partial charge in [0.15, 0.2) is 0 Å². The molecule has 1 aromatic carbocycles. The number of aromatic nitrogens is 1. The van der Waals surface area contributed by atoms with Gasteiger partial charge in [0.1, 0.15) is 11.9 Å². The first-order valence-electron chi connectivity index (χ1n) is 6.80. The molecule has 3 rings (SSSR count). The van der Waals surface area contributed by atoms with E-state index in [4.69, 9.17) is 11.0 Å². The molecule has 0 fully saturated rings. The number of nitrogens with two attached hydrogens (primary N) is 1. The summed E-state index contributed by atoms with van der Waals surface area (Å²) in [7, 11) is 0. The maximum Gasteiger partial charge on any atom is 0.140 e. The summed E-state index contributed by atoms with van der Waals surface area (Å²) in [5, 5.41) is 8.86. The number of rotatable bonds is 2. The summed E-state index contributed by atoms with van der Waals surface area (Å²) in [6.45, 7) is 0.634. The summed E-state index contributed by atoms with van der Waals surface area (Å²) in [6.07, 6.45) is 7.43. The Morgan fingerprint density at radius 3 is 3.00 bits per heavy atom. The second-order valence-corrected chi connectivity index (χ2v) is 5.34. The van der Waals surface area contributed by atoms with E-state index >= 15 is 0 Å². The molecule has 1 aliphatic carbocycles. The van der Waals surface area contributed by atoms with Gasteiger partial charge in [-0.15, -0.1) is 0 Å². The zero-order valence-electron chi connectivity index (χ0n) is 11.1. The second kappa shape index (κ2) is 5.10. The first-order chi connectivity index (χ1) is 9.67. The van der Waals surface area contributed by atoms with Gasteiger partial charge in [0.25, 0.3) is 0 Å². The van der Waals surface area contributed by atoms with Gasteiger partial charge in [0.2, 0.25) is 0 Å². The van der Waals surface area contributed by atoms with Gasteiger partial charge in [-0.3, -0.25) is 0 Å². The minimum atomic E-state index is -0.468. The van der Waals surface area contributed by atoms with Crippen molar-refractivity contribution in [2.45, 2.75) is 31.8 Å². The fraction of sp³-hybridized carbons (Fsp3) is 0.312. The van der Waals surface area contributed by atoms with Crippen LogP contribution in [0.5, 0.6) is 0 Å². The van der Waals surface area contributed by atoms with Gasteiger partial charge in [0, 0.05) is 25.0 Å². The number of fused-ring (bicyclic) bond motifs is 1. The van der Waals surface area contributed by atoms with Crippen LogP contribution in [0.4, 0.5) is 4.39 Å². The van der Waals surface area contributed by atoms with Gasteiger partial charge >= 0.3 is 0 Å². The Labute approximate surface area is 117 Å². The van der Waals surface area contributed by atoms with Crippen LogP contribution in [0.3, 0.4) is 0 Å². The fourth-order valence-corrected chi connectivity index (χ4v) is 2.84. The highest BCUT2D eigenvalue weighted by molar-refractivity contribution is 5.35. The van der Waals surface area contributed by atoms with E-state index in [-0.39, 0.29) is 11.6 Å². The minimum absolute atomic E-state index is 0.0936. The predicted octanol–water partition coefficient (Wildman–Crippen LogP) is 2.88. The molecule has 0 aliphatic heterocycles. The molecule has 2 N–H and O–H groups in total. The molecule has 102 valence electrons. The van der Waals surface area contributed by atoms with E-state index in [9.17, 15) is 4.39 Å². The van der Waals surface area contributed by atoms with E-state index in [2.05, 4.69) is 17.0 Å². The zero-order chi connectivity index (χ0) is 14.1. The maximum atomic E-state index is 13.3. The predicted molar refractivity (Wildman–Crippen MR) is 74.5 cm³/mol. The lowest BCUT2D eigenvalue weighted by Crippen LogP contribution is -2.15. The molecule has 0 spiro atoms. The van der Waals surface area contributed by atoms with Gasteiger partial charge < -0.3 is 10.3 Å². The molecular weight excluding hydrogens is 253 g/mol. The maximum absolute atomic E-state index is 13.3. The van der Waals surface area contributed by atoms with Crippen molar-refractivity contribution in [2.24, 2.45) is 5.73 Å². The number of hydrogen-bond acceptors (Lipinski definition) is 2. The fourth-order valence-electron chi connectivity index (χ4n) is 2.84. The molecule has 20 heavy (non-hydrogen) atoms. The Hall–Kier alpha value is -2.12. The van der Waals surface area contributed by atoms with Crippen molar-refractivity contribution in [2.75, 3.05) is 0 Å². The van der Waals surface area contributed by atoms with Crippen LogP contribution in [0.15, 0.2) is 30.6 Å². The Balaban J connectivity index is 1.87. The van der Waals surface area contributed by atoms with E-state index < -0.39 is 5.82 Å². The molecule has 0 amide bonds. The van der Waals surface area contributed by atoms with Crippen LogP contribution in [-0.2, 0) is 13.0 Å². The molecule has 0 saturated carbocycles. The number of hydrogen-bond donors (Lipinski definition) is 1. The monoisotopic (exact) mass is 269 g/mol. The van der Waals surface area contributed by atoms with Crippen LogP contribution < -0.4 is 5.73 Å².